The zero-order chi connectivity index (χ0) is 15.5. The molecular weight excluding hydrogens is 292 g/mol. The molecule has 110 valence electrons. The van der Waals surface area contributed by atoms with Gasteiger partial charge in [-0.05, 0) is 36.4 Å². The SMILES string of the molecule is COc1cccc(C=Nc2ccc(S(N)(=O)=O)cc2)c1O. The van der Waals surface area contributed by atoms with E-state index < -0.39 is 10.0 Å². The third-order valence-corrected chi connectivity index (χ3v) is 3.70. The van der Waals surface area contributed by atoms with Gasteiger partial charge >= 0.3 is 0 Å². The van der Waals surface area contributed by atoms with Gasteiger partial charge in [0, 0.05) is 11.8 Å². The molecule has 0 unspecified atom stereocenters. The van der Waals surface area contributed by atoms with E-state index in [0.717, 1.165) is 0 Å². The molecule has 0 bridgehead atoms. The Hall–Kier alpha value is -2.38. The Morgan fingerprint density at radius 2 is 1.86 bits per heavy atom. The van der Waals surface area contributed by atoms with Crippen molar-refractivity contribution in [3.05, 3.63) is 48.0 Å². The Kier molecular flexibility index (Phi) is 4.25. The summed E-state index contributed by atoms with van der Waals surface area (Å²) in [4.78, 5) is 4.18. The van der Waals surface area contributed by atoms with E-state index in [1.165, 1.54) is 37.6 Å². The van der Waals surface area contributed by atoms with Crippen LogP contribution >= 0.6 is 0 Å². The topological polar surface area (TPSA) is 102 Å². The number of methoxy groups -OCH3 is 1. The standard InChI is InChI=1S/C14H14N2O4S/c1-20-13-4-2-3-10(14(13)17)9-16-11-5-7-12(8-6-11)21(15,18)19/h2-9,17H,1H3,(H2,15,18,19). The van der Waals surface area contributed by atoms with Gasteiger partial charge in [-0.1, -0.05) is 6.07 Å². The van der Waals surface area contributed by atoms with E-state index in [1.54, 1.807) is 18.2 Å². The number of phenolic OH excluding ortho intramolecular Hbond substituents is 1. The molecule has 0 aliphatic rings. The molecule has 2 rings (SSSR count). The first-order chi connectivity index (χ1) is 9.91. The lowest BCUT2D eigenvalue weighted by Gasteiger charge is -2.04. The molecule has 0 spiro atoms. The minimum Gasteiger partial charge on any atom is -0.504 e. The number of hydrogen-bond acceptors (Lipinski definition) is 5. The van der Waals surface area contributed by atoms with Gasteiger partial charge in [-0.3, -0.25) is 4.99 Å². The van der Waals surface area contributed by atoms with E-state index >= 15 is 0 Å². The third-order valence-electron chi connectivity index (χ3n) is 2.77. The second kappa shape index (κ2) is 5.94. The Balaban J connectivity index is 2.26. The summed E-state index contributed by atoms with van der Waals surface area (Å²) in [7, 11) is -2.25. The molecule has 21 heavy (non-hydrogen) atoms. The Bertz CT molecular complexity index is 768. The van der Waals surface area contributed by atoms with Crippen LogP contribution in [-0.4, -0.2) is 26.8 Å². The Morgan fingerprint density at radius 1 is 1.19 bits per heavy atom. The number of rotatable bonds is 4. The summed E-state index contributed by atoms with van der Waals surface area (Å²) in [6.07, 6.45) is 1.46. The van der Waals surface area contributed by atoms with E-state index in [9.17, 15) is 13.5 Å². The maximum Gasteiger partial charge on any atom is 0.238 e. The number of ether oxygens (including phenoxy) is 1. The Morgan fingerprint density at radius 3 is 2.43 bits per heavy atom. The average molecular weight is 306 g/mol. The fourth-order valence-electron chi connectivity index (χ4n) is 1.67. The molecule has 0 fully saturated rings. The third kappa shape index (κ3) is 3.59. The number of para-hydroxylation sites is 1. The highest BCUT2D eigenvalue weighted by Gasteiger charge is 2.07. The first-order valence-electron chi connectivity index (χ1n) is 5.95. The smallest absolute Gasteiger partial charge is 0.238 e. The number of phenols is 1. The van der Waals surface area contributed by atoms with Gasteiger partial charge in [0.1, 0.15) is 0 Å². The first-order valence-corrected chi connectivity index (χ1v) is 7.49. The van der Waals surface area contributed by atoms with E-state index in [2.05, 4.69) is 4.99 Å². The fraction of sp³-hybridized carbons (Fsp3) is 0.0714. The van der Waals surface area contributed by atoms with Crippen LogP contribution in [0.15, 0.2) is 52.4 Å². The molecule has 6 nitrogen and oxygen atoms in total. The van der Waals surface area contributed by atoms with Crippen molar-refractivity contribution >= 4 is 21.9 Å². The molecule has 0 aliphatic carbocycles. The van der Waals surface area contributed by atoms with Crippen molar-refractivity contribution in [1.29, 1.82) is 0 Å². The molecule has 2 aromatic rings. The molecule has 0 aliphatic heterocycles. The zero-order valence-corrected chi connectivity index (χ0v) is 12.0. The van der Waals surface area contributed by atoms with Crippen molar-refractivity contribution in [2.45, 2.75) is 4.90 Å². The van der Waals surface area contributed by atoms with Crippen LogP contribution in [-0.2, 0) is 10.0 Å². The van der Waals surface area contributed by atoms with E-state index in [-0.39, 0.29) is 10.6 Å². The fourth-order valence-corrected chi connectivity index (χ4v) is 2.19. The number of sulfonamides is 1. The van der Waals surface area contributed by atoms with Crippen LogP contribution in [0.1, 0.15) is 5.56 Å². The maximum atomic E-state index is 11.1. The van der Waals surface area contributed by atoms with Gasteiger partial charge in [0.15, 0.2) is 11.5 Å². The van der Waals surface area contributed by atoms with Crippen molar-refractivity contribution in [1.82, 2.24) is 0 Å². The van der Waals surface area contributed by atoms with Gasteiger partial charge in [0.25, 0.3) is 0 Å². The predicted octanol–water partition coefficient (Wildman–Crippen LogP) is 1.80. The number of aromatic hydroxyl groups is 1. The van der Waals surface area contributed by atoms with E-state index in [0.29, 0.717) is 17.0 Å². The summed E-state index contributed by atoms with van der Waals surface area (Å²) in [6, 6.07) is 10.8. The second-order valence-electron chi connectivity index (χ2n) is 4.20. The predicted molar refractivity (Wildman–Crippen MR) is 79.7 cm³/mol. The van der Waals surface area contributed by atoms with Crippen molar-refractivity contribution in [2.75, 3.05) is 7.11 Å². The minimum absolute atomic E-state index is 0.00935. The minimum atomic E-state index is -3.71. The molecular formula is C14H14N2O4S. The summed E-state index contributed by atoms with van der Waals surface area (Å²) >= 11 is 0. The van der Waals surface area contributed by atoms with Crippen molar-refractivity contribution in [3.8, 4) is 11.5 Å². The van der Waals surface area contributed by atoms with Crippen LogP contribution in [0, 0.1) is 0 Å². The summed E-state index contributed by atoms with van der Waals surface area (Å²) in [6.45, 7) is 0. The summed E-state index contributed by atoms with van der Waals surface area (Å²) in [5, 5.41) is 14.9. The van der Waals surface area contributed by atoms with Crippen LogP contribution in [0.3, 0.4) is 0 Å². The van der Waals surface area contributed by atoms with Gasteiger partial charge in [0.05, 0.1) is 17.7 Å². The number of nitrogens with zero attached hydrogens (tertiary/aromatic N) is 1. The number of primary sulfonamides is 1. The quantitative estimate of drug-likeness (QED) is 0.841. The van der Waals surface area contributed by atoms with E-state index in [1.807, 2.05) is 0 Å². The average Bonchev–Trinajstić information content (AvgIpc) is 2.46. The molecule has 0 atom stereocenters. The lowest BCUT2D eigenvalue weighted by molar-refractivity contribution is 0.373. The summed E-state index contributed by atoms with van der Waals surface area (Å²) in [5.74, 6) is 0.341. The normalized spacial score (nSPS) is 11.7. The molecule has 0 aromatic heterocycles. The van der Waals surface area contributed by atoms with Gasteiger partial charge < -0.3 is 9.84 Å². The number of hydrogen-bond donors (Lipinski definition) is 2. The molecule has 0 saturated carbocycles. The molecule has 0 heterocycles. The summed E-state index contributed by atoms with van der Waals surface area (Å²) in [5.41, 5.74) is 1.02. The highest BCUT2D eigenvalue weighted by Crippen LogP contribution is 2.28. The first kappa shape index (κ1) is 15.0. The Labute approximate surface area is 122 Å². The van der Waals surface area contributed by atoms with Gasteiger partial charge in [-0.15, -0.1) is 0 Å². The summed E-state index contributed by atoms with van der Waals surface area (Å²) < 4.78 is 27.3. The van der Waals surface area contributed by atoms with Gasteiger partial charge in [-0.2, -0.15) is 0 Å². The number of aliphatic imine (C=N–C) groups is 1. The lowest BCUT2D eigenvalue weighted by atomic mass is 10.2. The van der Waals surface area contributed by atoms with Crippen LogP contribution in [0.4, 0.5) is 5.69 Å². The van der Waals surface area contributed by atoms with Crippen LogP contribution in [0.5, 0.6) is 11.5 Å². The molecule has 3 N–H and O–H groups in total. The van der Waals surface area contributed by atoms with Crippen LogP contribution < -0.4 is 9.88 Å². The molecule has 0 saturated heterocycles. The molecule has 7 heteroatoms. The molecule has 0 amide bonds. The highest BCUT2D eigenvalue weighted by atomic mass is 32.2. The van der Waals surface area contributed by atoms with Gasteiger partial charge in [-0.25, -0.2) is 13.6 Å². The number of benzene rings is 2. The van der Waals surface area contributed by atoms with Crippen molar-refractivity contribution < 1.29 is 18.3 Å². The number of nitrogens with two attached hydrogens (primary N) is 1. The zero-order valence-electron chi connectivity index (χ0n) is 11.2. The van der Waals surface area contributed by atoms with Crippen LogP contribution in [0.2, 0.25) is 0 Å². The largest absolute Gasteiger partial charge is 0.504 e. The lowest BCUT2D eigenvalue weighted by Crippen LogP contribution is -2.11. The van der Waals surface area contributed by atoms with Crippen LogP contribution in [0.25, 0.3) is 0 Å². The van der Waals surface area contributed by atoms with Gasteiger partial charge in [0.2, 0.25) is 10.0 Å². The second-order valence-corrected chi connectivity index (χ2v) is 5.76. The maximum absolute atomic E-state index is 11.1. The molecule has 2 aromatic carbocycles. The monoisotopic (exact) mass is 306 g/mol. The highest BCUT2D eigenvalue weighted by molar-refractivity contribution is 7.89. The van der Waals surface area contributed by atoms with Crippen molar-refractivity contribution in [2.24, 2.45) is 10.1 Å². The van der Waals surface area contributed by atoms with E-state index in [4.69, 9.17) is 9.88 Å². The molecule has 0 radical (unpaired) electrons. The van der Waals surface area contributed by atoms with Crippen molar-refractivity contribution in [3.63, 3.8) is 0 Å².